The number of rotatable bonds is 5. The third-order valence-electron chi connectivity index (χ3n) is 5.24. The number of carbonyl (C=O) groups is 2. The van der Waals surface area contributed by atoms with Crippen molar-refractivity contribution >= 4 is 23.2 Å². The van der Waals surface area contributed by atoms with E-state index in [1.165, 1.54) is 11.3 Å². The molecule has 25 heavy (non-hydrogen) atoms. The lowest BCUT2D eigenvalue weighted by Crippen LogP contribution is -2.43. The predicted molar refractivity (Wildman–Crippen MR) is 95.0 cm³/mol. The van der Waals surface area contributed by atoms with E-state index in [4.69, 9.17) is 4.74 Å². The van der Waals surface area contributed by atoms with Crippen LogP contribution in [0.25, 0.3) is 0 Å². The van der Waals surface area contributed by atoms with E-state index in [-0.39, 0.29) is 17.9 Å². The molecule has 0 aliphatic carbocycles. The van der Waals surface area contributed by atoms with Crippen LogP contribution in [0.5, 0.6) is 0 Å². The Balaban J connectivity index is 1.60. The van der Waals surface area contributed by atoms with E-state index in [9.17, 15) is 14.7 Å². The quantitative estimate of drug-likeness (QED) is 0.867. The second kappa shape index (κ2) is 7.83. The van der Waals surface area contributed by atoms with Gasteiger partial charge in [-0.1, -0.05) is 6.92 Å². The number of aliphatic carboxylic acids is 1. The number of amides is 1. The summed E-state index contributed by atoms with van der Waals surface area (Å²) in [6.07, 6.45) is 3.95. The van der Waals surface area contributed by atoms with Crippen LogP contribution in [-0.2, 0) is 16.0 Å². The monoisotopic (exact) mass is 366 g/mol. The molecule has 1 aromatic heterocycles. The van der Waals surface area contributed by atoms with Gasteiger partial charge in [0.25, 0.3) is 5.91 Å². The van der Waals surface area contributed by atoms with Gasteiger partial charge in [-0.15, -0.1) is 11.3 Å². The van der Waals surface area contributed by atoms with Crippen LogP contribution >= 0.6 is 11.3 Å². The smallest absolute Gasteiger partial charge is 0.309 e. The number of carboxylic acid groups (broad SMARTS) is 1. The van der Waals surface area contributed by atoms with E-state index in [0.717, 1.165) is 41.3 Å². The van der Waals surface area contributed by atoms with Crippen molar-refractivity contribution in [1.29, 1.82) is 0 Å². The molecule has 0 spiro atoms. The summed E-state index contributed by atoms with van der Waals surface area (Å²) in [6.45, 7) is 5.87. The third-order valence-corrected chi connectivity index (χ3v) is 6.45. The zero-order valence-corrected chi connectivity index (χ0v) is 15.7. The molecule has 1 aromatic rings. The first-order valence-corrected chi connectivity index (χ1v) is 9.93. The first kappa shape index (κ1) is 18.3. The van der Waals surface area contributed by atoms with Crippen LogP contribution in [0.4, 0.5) is 0 Å². The van der Waals surface area contributed by atoms with Crippen molar-refractivity contribution in [2.24, 2.45) is 11.8 Å². The molecule has 1 N–H and O–H groups in total. The summed E-state index contributed by atoms with van der Waals surface area (Å²) < 4.78 is 5.70. The number of hydrogen-bond acceptors (Lipinski definition) is 5. The number of hydrogen-bond donors (Lipinski definition) is 1. The minimum Gasteiger partial charge on any atom is -0.481 e. The first-order valence-electron chi connectivity index (χ1n) is 9.11. The topological polar surface area (TPSA) is 79.7 Å². The second-order valence-corrected chi connectivity index (χ2v) is 8.05. The number of carboxylic acids is 1. The number of piperidine rings is 1. The number of aromatic nitrogens is 1. The van der Waals surface area contributed by atoms with Crippen LogP contribution in [0.15, 0.2) is 0 Å². The van der Waals surface area contributed by atoms with Gasteiger partial charge in [-0.3, -0.25) is 9.59 Å². The van der Waals surface area contributed by atoms with Gasteiger partial charge in [-0.05, 0) is 44.9 Å². The van der Waals surface area contributed by atoms with Gasteiger partial charge in [0.2, 0.25) is 0 Å². The van der Waals surface area contributed by atoms with Crippen LogP contribution in [0.3, 0.4) is 0 Å². The van der Waals surface area contributed by atoms with Gasteiger partial charge in [-0.25, -0.2) is 4.98 Å². The molecule has 2 aliphatic rings. The molecule has 1 unspecified atom stereocenters. The molecule has 0 saturated carbocycles. The largest absolute Gasteiger partial charge is 0.481 e. The Kier molecular flexibility index (Phi) is 5.74. The van der Waals surface area contributed by atoms with E-state index < -0.39 is 11.9 Å². The zero-order chi connectivity index (χ0) is 18.0. The minimum atomic E-state index is -0.759. The Morgan fingerprint density at radius 1 is 1.32 bits per heavy atom. The molecule has 2 aliphatic heterocycles. The number of likely N-dealkylation sites (tertiary alicyclic amines) is 1. The van der Waals surface area contributed by atoms with Crippen LogP contribution in [-0.4, -0.2) is 52.7 Å². The van der Waals surface area contributed by atoms with Gasteiger partial charge in [-0.2, -0.15) is 0 Å². The van der Waals surface area contributed by atoms with E-state index in [1.54, 1.807) is 0 Å². The van der Waals surface area contributed by atoms with Crippen LogP contribution in [0.2, 0.25) is 0 Å². The van der Waals surface area contributed by atoms with Crippen molar-refractivity contribution in [3.8, 4) is 0 Å². The Morgan fingerprint density at radius 2 is 2.04 bits per heavy atom. The van der Waals surface area contributed by atoms with Crippen LogP contribution < -0.4 is 0 Å². The van der Waals surface area contributed by atoms with Gasteiger partial charge in [0, 0.05) is 19.7 Å². The number of thiazole rings is 1. The van der Waals surface area contributed by atoms with E-state index in [1.807, 2.05) is 11.8 Å². The van der Waals surface area contributed by atoms with Gasteiger partial charge in [0.15, 0.2) is 0 Å². The fraction of sp³-hybridized carbons (Fsp3) is 0.722. The molecule has 7 heteroatoms. The second-order valence-electron chi connectivity index (χ2n) is 6.97. The van der Waals surface area contributed by atoms with Crippen molar-refractivity contribution < 1.29 is 19.4 Å². The maximum atomic E-state index is 12.8. The van der Waals surface area contributed by atoms with E-state index >= 15 is 0 Å². The Hall–Kier alpha value is -1.47. The summed E-state index contributed by atoms with van der Waals surface area (Å²) in [5.41, 5.74) is 0.825. The first-order chi connectivity index (χ1) is 12.0. The average Bonchev–Trinajstić information content (AvgIpc) is 3.22. The molecule has 3 rings (SSSR count). The Labute approximate surface area is 152 Å². The molecule has 6 nitrogen and oxygen atoms in total. The normalized spacial score (nSPS) is 24.6. The highest BCUT2D eigenvalue weighted by Crippen LogP contribution is 2.34. The molecule has 0 bridgehead atoms. The summed E-state index contributed by atoms with van der Waals surface area (Å²) in [7, 11) is 0. The van der Waals surface area contributed by atoms with Gasteiger partial charge in [0.05, 0.1) is 22.7 Å². The molecular formula is C18H26N2O4S. The summed E-state index contributed by atoms with van der Waals surface area (Å²) in [6, 6.07) is 0. The Bertz CT molecular complexity index is 637. The summed E-state index contributed by atoms with van der Waals surface area (Å²) in [4.78, 5) is 31.3. The standard InChI is InChI=1S/C18H26N2O4S/c1-3-4-14-19-11(2)16(25-14)17(21)20-8-5-12(6-9-20)15-13(18(22)23)7-10-24-15/h12-13,15H,3-10H2,1-2H3,(H,22,23)/t13?,15-/m0/s1. The van der Waals surface area contributed by atoms with Crippen molar-refractivity contribution in [3.05, 3.63) is 15.6 Å². The van der Waals surface area contributed by atoms with Crippen molar-refractivity contribution in [1.82, 2.24) is 9.88 Å². The molecule has 0 radical (unpaired) electrons. The molecule has 138 valence electrons. The van der Waals surface area contributed by atoms with Gasteiger partial charge < -0.3 is 14.7 Å². The summed E-state index contributed by atoms with van der Waals surface area (Å²) in [5, 5.41) is 10.4. The molecule has 2 atom stereocenters. The number of nitrogens with zero attached hydrogens (tertiary/aromatic N) is 2. The summed E-state index contributed by atoms with van der Waals surface area (Å²) >= 11 is 1.51. The van der Waals surface area contributed by atoms with Crippen molar-refractivity contribution in [3.63, 3.8) is 0 Å². The number of carbonyl (C=O) groups excluding carboxylic acids is 1. The SMILES string of the molecule is CCCc1nc(C)c(C(=O)N2CCC([C@@H]3OCCC3C(=O)O)CC2)s1. The van der Waals surface area contributed by atoms with Crippen LogP contribution in [0.1, 0.15) is 53.0 Å². The average molecular weight is 366 g/mol. The highest BCUT2D eigenvalue weighted by atomic mass is 32.1. The molecule has 2 fully saturated rings. The van der Waals surface area contributed by atoms with Crippen LogP contribution in [0, 0.1) is 18.8 Å². The minimum absolute atomic E-state index is 0.0675. The Morgan fingerprint density at radius 3 is 2.68 bits per heavy atom. The lowest BCUT2D eigenvalue weighted by Gasteiger charge is -2.35. The maximum Gasteiger partial charge on any atom is 0.309 e. The molecule has 0 aromatic carbocycles. The predicted octanol–water partition coefficient (Wildman–Crippen LogP) is 2.75. The lowest BCUT2D eigenvalue weighted by molar-refractivity contribution is -0.145. The van der Waals surface area contributed by atoms with Gasteiger partial charge >= 0.3 is 5.97 Å². The molecule has 2 saturated heterocycles. The van der Waals surface area contributed by atoms with Crippen molar-refractivity contribution in [2.75, 3.05) is 19.7 Å². The lowest BCUT2D eigenvalue weighted by atomic mass is 9.84. The maximum absolute atomic E-state index is 12.8. The van der Waals surface area contributed by atoms with E-state index in [0.29, 0.717) is 26.1 Å². The van der Waals surface area contributed by atoms with Crippen molar-refractivity contribution in [2.45, 2.75) is 52.1 Å². The molecule has 3 heterocycles. The zero-order valence-electron chi connectivity index (χ0n) is 14.9. The third kappa shape index (κ3) is 3.87. The number of ether oxygens (including phenoxy) is 1. The highest BCUT2D eigenvalue weighted by molar-refractivity contribution is 7.13. The van der Waals surface area contributed by atoms with Gasteiger partial charge in [0.1, 0.15) is 4.88 Å². The molecule has 1 amide bonds. The molecular weight excluding hydrogens is 340 g/mol. The fourth-order valence-electron chi connectivity index (χ4n) is 3.89. The fourth-order valence-corrected chi connectivity index (χ4v) is 5.02. The number of aryl methyl sites for hydroxylation is 2. The van der Waals surface area contributed by atoms with E-state index in [2.05, 4.69) is 11.9 Å². The summed E-state index contributed by atoms with van der Waals surface area (Å²) in [5.74, 6) is -0.860. The highest BCUT2D eigenvalue weighted by Gasteiger charge is 2.41.